The lowest BCUT2D eigenvalue weighted by Gasteiger charge is -2.28. The second-order valence-corrected chi connectivity index (χ2v) is 6.34. The van der Waals surface area contributed by atoms with Crippen LogP contribution < -0.4 is 10.1 Å². The summed E-state index contributed by atoms with van der Waals surface area (Å²) in [5.41, 5.74) is 1.90. The quantitative estimate of drug-likeness (QED) is 0.838. The summed E-state index contributed by atoms with van der Waals surface area (Å²) in [4.78, 5) is 15.0. The van der Waals surface area contributed by atoms with Crippen molar-refractivity contribution < 1.29 is 9.53 Å². The zero-order valence-electron chi connectivity index (χ0n) is 14.8. The zero-order chi connectivity index (χ0) is 17.5. The standard InChI is InChI=1S/C21H26N2O2/c1-2-25-19-12-8-11-18(15-19)21(24)22-16-20(23-13-6-7-14-23)17-9-4-3-5-10-17/h3-5,8-12,15,20H,2,6-7,13-14,16H2,1H3,(H,22,24). The minimum Gasteiger partial charge on any atom is -0.494 e. The summed E-state index contributed by atoms with van der Waals surface area (Å²) < 4.78 is 5.48. The molecule has 1 N–H and O–H groups in total. The van der Waals surface area contributed by atoms with E-state index in [2.05, 4.69) is 34.5 Å². The lowest BCUT2D eigenvalue weighted by atomic mass is 10.1. The van der Waals surface area contributed by atoms with E-state index >= 15 is 0 Å². The van der Waals surface area contributed by atoms with Crippen molar-refractivity contribution in [2.75, 3.05) is 26.2 Å². The van der Waals surface area contributed by atoms with Gasteiger partial charge in [0.2, 0.25) is 0 Å². The summed E-state index contributed by atoms with van der Waals surface area (Å²) in [7, 11) is 0. The van der Waals surface area contributed by atoms with E-state index in [1.807, 2.05) is 31.2 Å². The number of hydrogen-bond acceptors (Lipinski definition) is 3. The predicted molar refractivity (Wildman–Crippen MR) is 99.9 cm³/mol. The van der Waals surface area contributed by atoms with E-state index in [0.717, 1.165) is 18.8 Å². The molecule has 0 radical (unpaired) electrons. The molecule has 0 bridgehead atoms. The van der Waals surface area contributed by atoms with Crippen molar-refractivity contribution in [3.8, 4) is 5.75 Å². The lowest BCUT2D eigenvalue weighted by Crippen LogP contribution is -2.36. The maximum atomic E-state index is 12.6. The highest BCUT2D eigenvalue weighted by molar-refractivity contribution is 5.94. The van der Waals surface area contributed by atoms with E-state index in [9.17, 15) is 4.79 Å². The molecule has 1 atom stereocenters. The van der Waals surface area contributed by atoms with Gasteiger partial charge in [0.05, 0.1) is 12.6 Å². The van der Waals surface area contributed by atoms with Crippen molar-refractivity contribution in [1.82, 2.24) is 10.2 Å². The number of nitrogens with zero attached hydrogens (tertiary/aromatic N) is 1. The highest BCUT2D eigenvalue weighted by atomic mass is 16.5. The van der Waals surface area contributed by atoms with Gasteiger partial charge in [0.25, 0.3) is 5.91 Å². The molecule has 1 aliphatic rings. The third kappa shape index (κ3) is 4.60. The summed E-state index contributed by atoms with van der Waals surface area (Å²) in [6.07, 6.45) is 2.46. The first-order valence-corrected chi connectivity index (χ1v) is 9.08. The van der Waals surface area contributed by atoms with E-state index in [-0.39, 0.29) is 11.9 Å². The molecule has 1 fully saturated rings. The number of benzene rings is 2. The summed E-state index contributed by atoms with van der Waals surface area (Å²) in [5.74, 6) is 0.677. The molecule has 0 saturated carbocycles. The molecule has 1 aliphatic heterocycles. The van der Waals surface area contributed by atoms with Gasteiger partial charge in [0.1, 0.15) is 5.75 Å². The van der Waals surface area contributed by atoms with E-state index < -0.39 is 0 Å². The fourth-order valence-electron chi connectivity index (χ4n) is 3.37. The van der Waals surface area contributed by atoms with Gasteiger partial charge in [-0.25, -0.2) is 0 Å². The number of ether oxygens (including phenoxy) is 1. The van der Waals surface area contributed by atoms with Crippen LogP contribution >= 0.6 is 0 Å². The van der Waals surface area contributed by atoms with Gasteiger partial charge in [-0.15, -0.1) is 0 Å². The molecule has 25 heavy (non-hydrogen) atoms. The first-order valence-electron chi connectivity index (χ1n) is 9.08. The summed E-state index contributed by atoms with van der Waals surface area (Å²) >= 11 is 0. The summed E-state index contributed by atoms with van der Waals surface area (Å²) in [5, 5.41) is 3.11. The van der Waals surface area contributed by atoms with E-state index in [1.54, 1.807) is 6.07 Å². The fourth-order valence-corrected chi connectivity index (χ4v) is 3.37. The van der Waals surface area contributed by atoms with E-state index in [0.29, 0.717) is 18.7 Å². The maximum Gasteiger partial charge on any atom is 0.251 e. The molecule has 1 unspecified atom stereocenters. The average Bonchev–Trinajstić information content (AvgIpc) is 3.18. The summed E-state index contributed by atoms with van der Waals surface area (Å²) in [6.45, 7) is 5.33. The van der Waals surface area contributed by atoms with Crippen LogP contribution in [-0.4, -0.2) is 37.0 Å². The lowest BCUT2D eigenvalue weighted by molar-refractivity contribution is 0.0937. The van der Waals surface area contributed by atoms with Crippen LogP contribution in [0, 0.1) is 0 Å². The number of amides is 1. The number of nitrogens with one attached hydrogen (secondary N) is 1. The molecule has 4 nitrogen and oxygen atoms in total. The van der Waals surface area contributed by atoms with E-state index in [4.69, 9.17) is 4.74 Å². The number of carbonyl (C=O) groups is 1. The average molecular weight is 338 g/mol. The van der Waals surface area contributed by atoms with Crippen LogP contribution in [-0.2, 0) is 0 Å². The second-order valence-electron chi connectivity index (χ2n) is 6.34. The fraction of sp³-hybridized carbons (Fsp3) is 0.381. The number of carbonyl (C=O) groups excluding carboxylic acids is 1. The van der Waals surface area contributed by atoms with Gasteiger partial charge in [-0.3, -0.25) is 9.69 Å². The van der Waals surface area contributed by atoms with Crippen LogP contribution in [0.25, 0.3) is 0 Å². The van der Waals surface area contributed by atoms with Crippen molar-refractivity contribution >= 4 is 5.91 Å². The molecular formula is C21H26N2O2. The Bertz CT molecular complexity index is 681. The van der Waals surface area contributed by atoms with Gasteiger partial charge in [-0.2, -0.15) is 0 Å². The van der Waals surface area contributed by atoms with Gasteiger partial charge in [-0.05, 0) is 56.6 Å². The first kappa shape index (κ1) is 17.5. The second kappa shape index (κ2) is 8.67. The third-order valence-corrected chi connectivity index (χ3v) is 4.63. The number of hydrogen-bond donors (Lipinski definition) is 1. The zero-order valence-corrected chi connectivity index (χ0v) is 14.8. The monoisotopic (exact) mass is 338 g/mol. The molecule has 0 aromatic heterocycles. The van der Waals surface area contributed by atoms with Crippen molar-refractivity contribution in [2.45, 2.75) is 25.8 Å². The smallest absolute Gasteiger partial charge is 0.251 e. The molecule has 1 amide bonds. The summed E-state index contributed by atoms with van der Waals surface area (Å²) in [6, 6.07) is 18.0. The Kier molecular flexibility index (Phi) is 6.07. The molecule has 2 aromatic carbocycles. The number of rotatable bonds is 7. The van der Waals surface area contributed by atoms with Crippen LogP contribution in [0.3, 0.4) is 0 Å². The van der Waals surface area contributed by atoms with Crippen molar-refractivity contribution in [3.63, 3.8) is 0 Å². The van der Waals surface area contributed by atoms with Crippen LogP contribution in [0.2, 0.25) is 0 Å². The van der Waals surface area contributed by atoms with Crippen molar-refractivity contribution in [2.24, 2.45) is 0 Å². The van der Waals surface area contributed by atoms with Crippen LogP contribution in [0.4, 0.5) is 0 Å². The third-order valence-electron chi connectivity index (χ3n) is 4.63. The van der Waals surface area contributed by atoms with Crippen LogP contribution in [0.15, 0.2) is 54.6 Å². The van der Waals surface area contributed by atoms with Gasteiger partial charge < -0.3 is 10.1 Å². The molecule has 1 heterocycles. The van der Waals surface area contributed by atoms with Gasteiger partial charge in [-0.1, -0.05) is 36.4 Å². The number of likely N-dealkylation sites (tertiary alicyclic amines) is 1. The minimum atomic E-state index is -0.0540. The molecule has 4 heteroatoms. The molecule has 0 aliphatic carbocycles. The SMILES string of the molecule is CCOc1cccc(C(=O)NCC(c2ccccc2)N2CCCC2)c1. The van der Waals surface area contributed by atoms with Crippen LogP contribution in [0.5, 0.6) is 5.75 Å². The molecule has 1 saturated heterocycles. The first-order chi connectivity index (χ1) is 12.3. The molecule has 0 spiro atoms. The highest BCUT2D eigenvalue weighted by Gasteiger charge is 2.24. The van der Waals surface area contributed by atoms with E-state index in [1.165, 1.54) is 18.4 Å². The Morgan fingerprint density at radius 3 is 2.60 bits per heavy atom. The molecule has 2 aromatic rings. The normalized spacial score (nSPS) is 15.7. The Morgan fingerprint density at radius 1 is 1.12 bits per heavy atom. The molecule has 3 rings (SSSR count). The Balaban J connectivity index is 1.68. The molecular weight excluding hydrogens is 312 g/mol. The van der Waals surface area contributed by atoms with Crippen molar-refractivity contribution in [1.29, 1.82) is 0 Å². The highest BCUT2D eigenvalue weighted by Crippen LogP contribution is 2.24. The predicted octanol–water partition coefficient (Wildman–Crippen LogP) is 3.65. The Morgan fingerprint density at radius 2 is 1.88 bits per heavy atom. The van der Waals surface area contributed by atoms with Gasteiger partial charge in [0, 0.05) is 12.1 Å². The minimum absolute atomic E-state index is 0.0540. The Hall–Kier alpha value is -2.33. The largest absolute Gasteiger partial charge is 0.494 e. The Labute approximate surface area is 149 Å². The van der Waals surface area contributed by atoms with Crippen molar-refractivity contribution in [3.05, 3.63) is 65.7 Å². The molecule has 132 valence electrons. The van der Waals surface area contributed by atoms with Gasteiger partial charge >= 0.3 is 0 Å². The topological polar surface area (TPSA) is 41.6 Å². The van der Waals surface area contributed by atoms with Crippen LogP contribution in [0.1, 0.15) is 41.7 Å². The maximum absolute atomic E-state index is 12.6. The van der Waals surface area contributed by atoms with Gasteiger partial charge in [0.15, 0.2) is 0 Å².